The SMILES string of the molecule is O=C(C[n+]1ccccc1)c1ccc(NC(=O)c2ccccc2)cc1.[I-]. The van der Waals surface area contributed by atoms with E-state index < -0.39 is 0 Å². The van der Waals surface area contributed by atoms with Crippen molar-refractivity contribution < 1.29 is 38.1 Å². The van der Waals surface area contributed by atoms with Crippen LogP contribution in [-0.4, -0.2) is 11.7 Å². The minimum Gasteiger partial charge on any atom is -1.00 e. The Hall–Kier alpha value is -2.54. The van der Waals surface area contributed by atoms with E-state index in [1.807, 2.05) is 53.4 Å². The van der Waals surface area contributed by atoms with Crippen molar-refractivity contribution in [2.45, 2.75) is 6.54 Å². The van der Waals surface area contributed by atoms with Crippen molar-refractivity contribution in [1.82, 2.24) is 0 Å². The standard InChI is InChI=1S/C20H16N2O2.HI/c23-19(15-22-13-5-2-6-14-22)16-9-11-18(12-10-16)21-20(24)17-7-3-1-4-8-17;/h1-14H,15H2;1H. The van der Waals surface area contributed by atoms with Crippen LogP contribution in [0.5, 0.6) is 0 Å². The zero-order chi connectivity index (χ0) is 16.8. The third-order valence-electron chi connectivity index (χ3n) is 3.60. The molecule has 0 aliphatic heterocycles. The number of carbonyl (C=O) groups is 2. The van der Waals surface area contributed by atoms with Gasteiger partial charge in [-0.15, -0.1) is 0 Å². The Morgan fingerprint density at radius 2 is 1.36 bits per heavy atom. The van der Waals surface area contributed by atoms with Gasteiger partial charge in [0.1, 0.15) is 0 Å². The molecule has 0 aliphatic carbocycles. The first kappa shape index (κ1) is 18.8. The average molecular weight is 444 g/mol. The third-order valence-corrected chi connectivity index (χ3v) is 3.60. The van der Waals surface area contributed by atoms with E-state index in [0.717, 1.165) is 0 Å². The highest BCUT2D eigenvalue weighted by Gasteiger charge is 2.12. The fourth-order valence-electron chi connectivity index (χ4n) is 2.33. The number of nitrogens with zero attached hydrogens (tertiary/aromatic N) is 1. The molecule has 1 N–H and O–H groups in total. The molecule has 1 heterocycles. The smallest absolute Gasteiger partial charge is 0.255 e. The number of amides is 1. The molecular formula is C20H17IN2O2. The van der Waals surface area contributed by atoms with E-state index in [0.29, 0.717) is 16.8 Å². The lowest BCUT2D eigenvalue weighted by Crippen LogP contribution is -3.00. The Labute approximate surface area is 163 Å². The van der Waals surface area contributed by atoms with Crippen LogP contribution in [0.4, 0.5) is 5.69 Å². The van der Waals surface area contributed by atoms with Gasteiger partial charge in [0.05, 0.1) is 0 Å². The van der Waals surface area contributed by atoms with Gasteiger partial charge in [0.2, 0.25) is 12.3 Å². The van der Waals surface area contributed by atoms with Crippen molar-refractivity contribution in [2.75, 3.05) is 5.32 Å². The Bertz CT molecular complexity index is 835. The second-order valence-electron chi connectivity index (χ2n) is 5.37. The predicted octanol–water partition coefficient (Wildman–Crippen LogP) is 0.113. The third kappa shape index (κ3) is 5.22. The number of ketones is 1. The van der Waals surface area contributed by atoms with E-state index in [4.69, 9.17) is 0 Å². The summed E-state index contributed by atoms with van der Waals surface area (Å²) in [7, 11) is 0. The largest absolute Gasteiger partial charge is 1.00 e. The number of nitrogens with one attached hydrogen (secondary N) is 1. The topological polar surface area (TPSA) is 50.0 Å². The van der Waals surface area contributed by atoms with Gasteiger partial charge in [0.15, 0.2) is 12.4 Å². The second kappa shape index (κ2) is 9.08. The highest BCUT2D eigenvalue weighted by atomic mass is 127. The summed E-state index contributed by atoms with van der Waals surface area (Å²) >= 11 is 0. The normalized spacial score (nSPS) is 9.76. The number of halogens is 1. The zero-order valence-electron chi connectivity index (χ0n) is 13.4. The molecule has 0 bridgehead atoms. The first-order chi connectivity index (χ1) is 11.7. The maximum atomic E-state index is 12.3. The van der Waals surface area contributed by atoms with Crippen molar-refractivity contribution in [3.63, 3.8) is 0 Å². The van der Waals surface area contributed by atoms with Crippen LogP contribution in [0.1, 0.15) is 20.7 Å². The number of hydrogen-bond donors (Lipinski definition) is 1. The summed E-state index contributed by atoms with van der Waals surface area (Å²) in [4.78, 5) is 24.4. The molecule has 0 radical (unpaired) electrons. The summed E-state index contributed by atoms with van der Waals surface area (Å²) in [5, 5.41) is 2.82. The summed E-state index contributed by atoms with van der Waals surface area (Å²) in [6.45, 7) is 0.288. The molecule has 126 valence electrons. The molecule has 25 heavy (non-hydrogen) atoms. The van der Waals surface area contributed by atoms with E-state index >= 15 is 0 Å². The van der Waals surface area contributed by atoms with Gasteiger partial charge >= 0.3 is 0 Å². The lowest BCUT2D eigenvalue weighted by molar-refractivity contribution is -0.683. The van der Waals surface area contributed by atoms with Gasteiger partial charge in [-0.25, -0.2) is 0 Å². The average Bonchev–Trinajstić information content (AvgIpc) is 2.64. The Kier molecular flexibility index (Phi) is 6.82. The molecule has 0 fully saturated rings. The number of aromatic nitrogens is 1. The molecular weight excluding hydrogens is 427 g/mol. The van der Waals surface area contributed by atoms with Gasteiger partial charge in [-0.3, -0.25) is 9.59 Å². The summed E-state index contributed by atoms with van der Waals surface area (Å²) < 4.78 is 1.83. The van der Waals surface area contributed by atoms with Gasteiger partial charge in [0, 0.05) is 28.9 Å². The number of rotatable bonds is 5. The van der Waals surface area contributed by atoms with Crippen LogP contribution in [-0.2, 0) is 6.54 Å². The monoisotopic (exact) mass is 444 g/mol. The summed E-state index contributed by atoms with van der Waals surface area (Å²) in [5.74, 6) is -0.151. The highest BCUT2D eigenvalue weighted by molar-refractivity contribution is 6.04. The lowest BCUT2D eigenvalue weighted by Gasteiger charge is -2.06. The molecule has 1 aromatic heterocycles. The molecule has 0 atom stereocenters. The van der Waals surface area contributed by atoms with Gasteiger partial charge < -0.3 is 29.3 Å². The van der Waals surface area contributed by atoms with E-state index in [1.54, 1.807) is 36.4 Å². The molecule has 0 spiro atoms. The molecule has 0 saturated heterocycles. The summed E-state index contributed by atoms with van der Waals surface area (Å²) in [5.41, 5.74) is 1.87. The first-order valence-corrected chi connectivity index (χ1v) is 7.66. The molecule has 0 saturated carbocycles. The highest BCUT2D eigenvalue weighted by Crippen LogP contribution is 2.12. The number of Topliss-reactive ketones (excluding diaryl/α,β-unsaturated/α-hetero) is 1. The van der Waals surface area contributed by atoms with Crippen LogP contribution in [0.15, 0.2) is 85.2 Å². The molecule has 1 amide bonds. The van der Waals surface area contributed by atoms with Gasteiger partial charge in [-0.1, -0.05) is 24.3 Å². The van der Waals surface area contributed by atoms with Crippen LogP contribution < -0.4 is 33.9 Å². The molecule has 3 aromatic rings. The lowest BCUT2D eigenvalue weighted by atomic mass is 10.1. The van der Waals surface area contributed by atoms with Crippen molar-refractivity contribution >= 4 is 17.4 Å². The summed E-state index contributed by atoms with van der Waals surface area (Å²) in [6, 6.07) is 21.6. The van der Waals surface area contributed by atoms with E-state index in [1.165, 1.54) is 0 Å². The molecule has 4 nitrogen and oxygen atoms in total. The fourth-order valence-corrected chi connectivity index (χ4v) is 2.33. The van der Waals surface area contributed by atoms with Crippen molar-refractivity contribution in [3.8, 4) is 0 Å². The molecule has 2 aromatic carbocycles. The van der Waals surface area contributed by atoms with Gasteiger partial charge in [0.25, 0.3) is 5.91 Å². The van der Waals surface area contributed by atoms with E-state index in [-0.39, 0.29) is 42.2 Å². The van der Waals surface area contributed by atoms with E-state index in [9.17, 15) is 9.59 Å². The predicted molar refractivity (Wildman–Crippen MR) is 91.8 cm³/mol. The molecule has 5 heteroatoms. The van der Waals surface area contributed by atoms with Crippen molar-refractivity contribution in [2.24, 2.45) is 0 Å². The molecule has 3 rings (SSSR count). The first-order valence-electron chi connectivity index (χ1n) is 7.66. The van der Waals surface area contributed by atoms with Gasteiger partial charge in [-0.2, -0.15) is 4.57 Å². The van der Waals surface area contributed by atoms with Crippen LogP contribution in [0.3, 0.4) is 0 Å². The number of pyridine rings is 1. The van der Waals surface area contributed by atoms with Crippen LogP contribution in [0, 0.1) is 0 Å². The van der Waals surface area contributed by atoms with Crippen LogP contribution in [0.25, 0.3) is 0 Å². The Balaban J connectivity index is 0.00000225. The summed E-state index contributed by atoms with van der Waals surface area (Å²) in [6.07, 6.45) is 3.71. The zero-order valence-corrected chi connectivity index (χ0v) is 15.6. The molecule has 0 unspecified atom stereocenters. The van der Waals surface area contributed by atoms with Crippen molar-refractivity contribution in [1.29, 1.82) is 0 Å². The number of benzene rings is 2. The number of anilines is 1. The quantitative estimate of drug-likeness (QED) is 0.345. The van der Waals surface area contributed by atoms with E-state index in [2.05, 4.69) is 5.32 Å². The minimum atomic E-state index is -0.172. The number of hydrogen-bond acceptors (Lipinski definition) is 2. The van der Waals surface area contributed by atoms with Crippen LogP contribution >= 0.6 is 0 Å². The van der Waals surface area contributed by atoms with Crippen molar-refractivity contribution in [3.05, 3.63) is 96.3 Å². The van der Waals surface area contributed by atoms with Gasteiger partial charge in [-0.05, 0) is 36.4 Å². The maximum absolute atomic E-state index is 12.3. The fraction of sp³-hybridized carbons (Fsp3) is 0.0500. The number of carbonyl (C=O) groups excluding carboxylic acids is 2. The van der Waals surface area contributed by atoms with Crippen LogP contribution in [0.2, 0.25) is 0 Å². The molecule has 0 aliphatic rings. The minimum absolute atomic E-state index is 0. The Morgan fingerprint density at radius 1 is 0.760 bits per heavy atom. The second-order valence-corrected chi connectivity index (χ2v) is 5.37. The Morgan fingerprint density at radius 3 is 2.00 bits per heavy atom. The maximum Gasteiger partial charge on any atom is 0.255 e.